The van der Waals surface area contributed by atoms with Crippen LogP contribution in [0.25, 0.3) is 12.2 Å². The van der Waals surface area contributed by atoms with E-state index in [1.807, 2.05) is 0 Å². The van der Waals surface area contributed by atoms with Crippen LogP contribution in [0.4, 0.5) is 0 Å². The summed E-state index contributed by atoms with van der Waals surface area (Å²) in [4.78, 5) is 3.93. The van der Waals surface area contributed by atoms with Gasteiger partial charge < -0.3 is 4.52 Å². The lowest BCUT2D eigenvalue weighted by molar-refractivity contribution is 0.331. The number of nitrogens with zero attached hydrogens (tertiary/aromatic N) is 2. The van der Waals surface area contributed by atoms with Crippen molar-refractivity contribution in [2.45, 2.75) is 0 Å². The van der Waals surface area contributed by atoms with E-state index in [1.165, 1.54) is 10.6 Å². The highest BCUT2D eigenvalue weighted by Crippen LogP contribution is 1.88. The average Bonchev–Trinajstić information content (AvgIpc) is 2.35. The molecule has 0 aliphatic carbocycles. The maximum atomic E-state index is 7.08. The van der Waals surface area contributed by atoms with Gasteiger partial charge in [0.05, 0.1) is 11.5 Å². The van der Waals surface area contributed by atoms with Crippen molar-refractivity contribution in [3.63, 3.8) is 0 Å². The van der Waals surface area contributed by atoms with Crippen molar-refractivity contribution in [3.05, 3.63) is 23.2 Å². The van der Waals surface area contributed by atoms with Crippen LogP contribution in [0.2, 0.25) is 0 Å². The Kier molecular flexibility index (Phi) is 0.768. The summed E-state index contributed by atoms with van der Waals surface area (Å²) in [5, 5.41) is 7.74. The summed E-state index contributed by atoms with van der Waals surface area (Å²) < 4.78 is 6.32. The van der Waals surface area contributed by atoms with E-state index in [2.05, 4.69) is 11.6 Å². The van der Waals surface area contributed by atoms with E-state index in [0.29, 0.717) is 11.0 Å². The molecule has 0 atom stereocenters. The first-order valence-electron chi connectivity index (χ1n) is 2.79. The highest BCUT2D eigenvalue weighted by Gasteiger charge is 1.97. The normalized spacial score (nSPS) is 10.8. The van der Waals surface area contributed by atoms with Gasteiger partial charge in [0, 0.05) is 6.07 Å². The largest absolute Gasteiger partial charge is 0.353 e. The van der Waals surface area contributed by atoms with Gasteiger partial charge in [-0.05, 0) is 0 Å². The lowest BCUT2D eigenvalue weighted by Crippen LogP contribution is -2.03. The third-order valence-corrected chi connectivity index (χ3v) is 1.26. The third-order valence-electron chi connectivity index (χ3n) is 1.26. The molecule has 1 N–H and O–H groups in total. The molecule has 2 rings (SSSR count). The number of aromatic nitrogens is 2. The zero-order valence-electron chi connectivity index (χ0n) is 5.16. The van der Waals surface area contributed by atoms with Gasteiger partial charge in [-0.1, -0.05) is 6.58 Å². The summed E-state index contributed by atoms with van der Waals surface area (Å²) in [6.07, 6.45) is 1.60. The van der Waals surface area contributed by atoms with Gasteiger partial charge in [-0.25, -0.2) is 4.98 Å². The molecule has 0 aromatic carbocycles. The molecular weight excluding hydrogens is 130 g/mol. The first-order chi connectivity index (χ1) is 4.77. The Labute approximate surface area is 55.9 Å². The van der Waals surface area contributed by atoms with Crippen LogP contribution in [0.5, 0.6) is 0 Å². The van der Waals surface area contributed by atoms with Crippen LogP contribution in [-0.4, -0.2) is 9.56 Å². The van der Waals surface area contributed by atoms with Crippen molar-refractivity contribution in [1.29, 1.82) is 5.41 Å². The Balaban J connectivity index is 3.18. The fourth-order valence-corrected chi connectivity index (χ4v) is 0.836. The maximum Gasteiger partial charge on any atom is 0.243 e. The molecule has 4 nitrogen and oxygen atoms in total. The topological polar surface area (TPSA) is 54.3 Å². The minimum atomic E-state index is 0.105. The zero-order valence-corrected chi connectivity index (χ0v) is 5.16. The van der Waals surface area contributed by atoms with Gasteiger partial charge in [-0.3, -0.25) is 5.41 Å². The van der Waals surface area contributed by atoms with E-state index >= 15 is 0 Å². The molecule has 2 heterocycles. The first-order valence-corrected chi connectivity index (χ1v) is 2.79. The molecule has 2 aromatic heterocycles. The highest BCUT2D eigenvalue weighted by molar-refractivity contribution is 5.34. The second-order valence-corrected chi connectivity index (χ2v) is 2.00. The van der Waals surface area contributed by atoms with Gasteiger partial charge in [0.25, 0.3) is 0 Å². The van der Waals surface area contributed by atoms with Crippen LogP contribution in [0.3, 0.4) is 0 Å². The van der Waals surface area contributed by atoms with E-state index in [4.69, 9.17) is 9.93 Å². The monoisotopic (exact) mass is 135 g/mol. The van der Waals surface area contributed by atoms with Crippen molar-refractivity contribution in [2.24, 2.45) is 0 Å². The standard InChI is InChI=1S/C6H5N3O/c1-4-3-8-6-2-5(7)10-9(4)6/h2-3,7H,1H2. The molecule has 0 amide bonds. The second-order valence-electron chi connectivity index (χ2n) is 2.00. The number of nitrogens with one attached hydrogen (secondary N) is 1. The number of hydrogen-bond donors (Lipinski definition) is 1. The van der Waals surface area contributed by atoms with Crippen LogP contribution in [0.1, 0.15) is 0 Å². The molecule has 10 heavy (non-hydrogen) atoms. The van der Waals surface area contributed by atoms with Crippen LogP contribution >= 0.6 is 0 Å². The molecule has 0 bridgehead atoms. The van der Waals surface area contributed by atoms with Crippen molar-refractivity contribution in [2.75, 3.05) is 0 Å². The van der Waals surface area contributed by atoms with Gasteiger partial charge in [0.15, 0.2) is 5.65 Å². The summed E-state index contributed by atoms with van der Waals surface area (Å²) in [5.74, 6) is 0. The molecule has 4 heteroatoms. The number of hydrogen-bond acceptors (Lipinski definition) is 3. The molecule has 0 unspecified atom stereocenters. The smallest absolute Gasteiger partial charge is 0.243 e. The number of rotatable bonds is 0. The second kappa shape index (κ2) is 1.47. The molecule has 0 saturated heterocycles. The lowest BCUT2D eigenvalue weighted by Gasteiger charge is -1.75. The van der Waals surface area contributed by atoms with E-state index in [0.717, 1.165) is 0 Å². The Morgan fingerprint density at radius 1 is 1.70 bits per heavy atom. The SMILES string of the molecule is C=c1cnc2cc(=N)on12. The fourth-order valence-electron chi connectivity index (χ4n) is 0.836. The molecule has 0 radical (unpaired) electrons. The minimum absolute atomic E-state index is 0.105. The summed E-state index contributed by atoms with van der Waals surface area (Å²) in [5.41, 5.74) is 0.739. The van der Waals surface area contributed by atoms with Gasteiger partial charge in [0.1, 0.15) is 0 Å². The Morgan fingerprint density at radius 2 is 2.50 bits per heavy atom. The van der Waals surface area contributed by atoms with E-state index in [9.17, 15) is 0 Å². The van der Waals surface area contributed by atoms with Gasteiger partial charge in [-0.2, -0.15) is 4.57 Å². The predicted molar refractivity (Wildman–Crippen MR) is 34.1 cm³/mol. The molecule has 0 saturated carbocycles. The van der Waals surface area contributed by atoms with Crippen molar-refractivity contribution >= 4 is 12.2 Å². The van der Waals surface area contributed by atoms with E-state index in [-0.39, 0.29) is 5.55 Å². The maximum absolute atomic E-state index is 7.08. The summed E-state index contributed by atoms with van der Waals surface area (Å²) in [6, 6.07) is 1.54. The highest BCUT2D eigenvalue weighted by atomic mass is 16.5. The fraction of sp³-hybridized carbons (Fsp3) is 0. The van der Waals surface area contributed by atoms with Crippen LogP contribution in [0, 0.1) is 5.41 Å². The summed E-state index contributed by atoms with van der Waals surface area (Å²) in [7, 11) is 0. The summed E-state index contributed by atoms with van der Waals surface area (Å²) >= 11 is 0. The van der Waals surface area contributed by atoms with Gasteiger partial charge in [0.2, 0.25) is 5.55 Å². The molecular formula is C6H5N3O. The predicted octanol–water partition coefficient (Wildman–Crippen LogP) is -0.464. The number of fused-ring (bicyclic) bond motifs is 1. The van der Waals surface area contributed by atoms with Gasteiger partial charge in [-0.15, -0.1) is 0 Å². The summed E-state index contributed by atoms with van der Waals surface area (Å²) in [6.45, 7) is 3.65. The van der Waals surface area contributed by atoms with Crippen molar-refractivity contribution in [1.82, 2.24) is 9.56 Å². The van der Waals surface area contributed by atoms with Crippen LogP contribution < -0.4 is 10.9 Å². The lowest BCUT2D eigenvalue weighted by atomic mass is 10.7. The molecule has 0 spiro atoms. The van der Waals surface area contributed by atoms with E-state index in [1.54, 1.807) is 6.20 Å². The van der Waals surface area contributed by atoms with Crippen LogP contribution in [0.15, 0.2) is 16.8 Å². The quantitative estimate of drug-likeness (QED) is 0.531. The van der Waals surface area contributed by atoms with Crippen molar-refractivity contribution < 1.29 is 4.52 Å². The van der Waals surface area contributed by atoms with Crippen LogP contribution in [-0.2, 0) is 0 Å². The molecule has 50 valence electrons. The number of imidazole rings is 1. The molecule has 0 aliphatic rings. The Bertz CT molecular complexity index is 453. The zero-order chi connectivity index (χ0) is 7.14. The van der Waals surface area contributed by atoms with Crippen molar-refractivity contribution in [3.8, 4) is 0 Å². The molecule has 0 fully saturated rings. The third kappa shape index (κ3) is 0.500. The first kappa shape index (κ1) is 5.22. The Morgan fingerprint density at radius 3 is 3.20 bits per heavy atom. The average molecular weight is 135 g/mol. The van der Waals surface area contributed by atoms with E-state index < -0.39 is 0 Å². The molecule has 2 aromatic rings. The molecule has 0 aliphatic heterocycles. The Hall–Kier alpha value is -1.58. The van der Waals surface area contributed by atoms with Gasteiger partial charge >= 0.3 is 0 Å². The minimum Gasteiger partial charge on any atom is -0.353 e.